The number of carbonyl (C=O) groups excluding carboxylic acids is 1. The highest BCUT2D eigenvalue weighted by atomic mass is 16.5. The van der Waals surface area contributed by atoms with E-state index in [-0.39, 0.29) is 11.9 Å². The Kier molecular flexibility index (Phi) is 6.28. The van der Waals surface area contributed by atoms with Gasteiger partial charge in [-0.15, -0.1) is 0 Å². The summed E-state index contributed by atoms with van der Waals surface area (Å²) in [4.78, 5) is 14.8. The first-order chi connectivity index (χ1) is 12.7. The summed E-state index contributed by atoms with van der Waals surface area (Å²) in [7, 11) is 0. The molecule has 1 saturated heterocycles. The number of nitrogens with zero attached hydrogens (tertiary/aromatic N) is 2. The predicted molar refractivity (Wildman–Crippen MR) is 100 cm³/mol. The number of hydrogen-bond donors (Lipinski definition) is 1. The van der Waals surface area contributed by atoms with E-state index in [9.17, 15) is 4.79 Å². The Bertz CT molecular complexity index is 729. The maximum Gasteiger partial charge on any atom is 0.225 e. The summed E-state index contributed by atoms with van der Waals surface area (Å²) in [6, 6.07) is 9.77. The lowest BCUT2D eigenvalue weighted by atomic mass is 9.99. The molecule has 1 atom stereocenters. The van der Waals surface area contributed by atoms with Crippen LogP contribution in [0.3, 0.4) is 0 Å². The van der Waals surface area contributed by atoms with Crippen molar-refractivity contribution in [1.82, 2.24) is 10.1 Å². The van der Waals surface area contributed by atoms with Crippen molar-refractivity contribution in [2.75, 3.05) is 25.0 Å². The van der Waals surface area contributed by atoms with Gasteiger partial charge in [-0.05, 0) is 45.4 Å². The third-order valence-corrected chi connectivity index (χ3v) is 4.69. The molecule has 1 fully saturated rings. The Hall–Kier alpha value is -2.34. The molecule has 6 heteroatoms. The van der Waals surface area contributed by atoms with Crippen molar-refractivity contribution in [3.63, 3.8) is 0 Å². The number of hydrogen-bond acceptors (Lipinski definition) is 5. The summed E-state index contributed by atoms with van der Waals surface area (Å²) in [6.45, 7) is 6.10. The van der Waals surface area contributed by atoms with Gasteiger partial charge in [-0.2, -0.15) is 0 Å². The molecule has 1 aliphatic heterocycles. The summed E-state index contributed by atoms with van der Waals surface area (Å²) in [5, 5.41) is 7.15. The highest BCUT2D eigenvalue weighted by molar-refractivity contribution is 5.92. The second-order valence-electron chi connectivity index (χ2n) is 6.64. The minimum absolute atomic E-state index is 0.00203. The topological polar surface area (TPSA) is 67.6 Å². The van der Waals surface area contributed by atoms with E-state index in [1.807, 2.05) is 44.2 Å². The second kappa shape index (κ2) is 8.85. The number of para-hydroxylation sites is 2. The number of carbonyl (C=O) groups is 1. The molecule has 0 bridgehead atoms. The highest BCUT2D eigenvalue weighted by Gasteiger charge is 2.26. The number of aryl methyl sites for hydroxylation is 1. The van der Waals surface area contributed by atoms with Crippen molar-refractivity contribution in [2.24, 2.45) is 0 Å². The van der Waals surface area contributed by atoms with Crippen molar-refractivity contribution < 1.29 is 14.1 Å². The molecule has 1 aromatic carbocycles. The fourth-order valence-electron chi connectivity index (χ4n) is 3.45. The molecule has 0 unspecified atom stereocenters. The van der Waals surface area contributed by atoms with E-state index in [1.54, 1.807) is 0 Å². The molecular weight excluding hydrogens is 330 g/mol. The SMILES string of the molecule is CCOc1ccccc1NC(=O)CCN1CCCC[C@@H]1c1cc(C)on1. The lowest BCUT2D eigenvalue weighted by Gasteiger charge is -2.34. The highest BCUT2D eigenvalue weighted by Crippen LogP contribution is 2.30. The van der Waals surface area contributed by atoms with Crippen molar-refractivity contribution in [2.45, 2.75) is 45.6 Å². The molecular formula is C20H27N3O3. The molecule has 2 heterocycles. The van der Waals surface area contributed by atoms with Gasteiger partial charge in [-0.1, -0.05) is 23.7 Å². The molecule has 2 aromatic rings. The summed E-state index contributed by atoms with van der Waals surface area (Å²) in [5.74, 6) is 1.53. The van der Waals surface area contributed by atoms with Crippen LogP contribution in [0.25, 0.3) is 0 Å². The van der Waals surface area contributed by atoms with E-state index < -0.39 is 0 Å². The van der Waals surface area contributed by atoms with Crippen LogP contribution < -0.4 is 10.1 Å². The van der Waals surface area contributed by atoms with E-state index in [2.05, 4.69) is 15.4 Å². The monoisotopic (exact) mass is 357 g/mol. The lowest BCUT2D eigenvalue weighted by Crippen LogP contribution is -2.35. The van der Waals surface area contributed by atoms with Crippen molar-refractivity contribution in [3.05, 3.63) is 41.8 Å². The second-order valence-corrected chi connectivity index (χ2v) is 6.64. The summed E-state index contributed by atoms with van der Waals surface area (Å²) < 4.78 is 10.8. The van der Waals surface area contributed by atoms with E-state index in [4.69, 9.17) is 9.26 Å². The van der Waals surface area contributed by atoms with Crippen LogP contribution in [0.2, 0.25) is 0 Å². The van der Waals surface area contributed by atoms with Gasteiger partial charge < -0.3 is 14.6 Å². The first-order valence-corrected chi connectivity index (χ1v) is 9.36. The standard InChI is InChI=1S/C20H27N3O3/c1-3-25-19-10-5-4-8-16(19)21-20(24)11-13-23-12-7-6-9-18(23)17-14-15(2)26-22-17/h4-5,8,10,14,18H,3,6-7,9,11-13H2,1-2H3,(H,21,24)/t18-/m1/s1. The Morgan fingerprint density at radius 1 is 1.38 bits per heavy atom. The minimum atomic E-state index is -0.00203. The van der Waals surface area contributed by atoms with E-state index in [1.165, 1.54) is 6.42 Å². The average Bonchev–Trinajstić information content (AvgIpc) is 3.08. The van der Waals surface area contributed by atoms with Gasteiger partial charge >= 0.3 is 0 Å². The molecule has 26 heavy (non-hydrogen) atoms. The minimum Gasteiger partial charge on any atom is -0.492 e. The average molecular weight is 357 g/mol. The first kappa shape index (κ1) is 18.5. The van der Waals surface area contributed by atoms with Gasteiger partial charge in [-0.25, -0.2) is 0 Å². The maximum absolute atomic E-state index is 12.4. The number of benzene rings is 1. The summed E-state index contributed by atoms with van der Waals surface area (Å²) in [5.41, 5.74) is 1.70. The maximum atomic E-state index is 12.4. The van der Waals surface area contributed by atoms with Crippen LogP contribution in [0.15, 0.2) is 34.9 Å². The zero-order chi connectivity index (χ0) is 18.4. The number of aromatic nitrogens is 1. The Morgan fingerprint density at radius 3 is 3.00 bits per heavy atom. The van der Waals surface area contributed by atoms with E-state index in [0.717, 1.165) is 36.5 Å². The smallest absolute Gasteiger partial charge is 0.225 e. The number of rotatable bonds is 7. The quantitative estimate of drug-likeness (QED) is 0.813. The Balaban J connectivity index is 1.58. The third-order valence-electron chi connectivity index (χ3n) is 4.69. The van der Waals surface area contributed by atoms with E-state index in [0.29, 0.717) is 25.3 Å². The van der Waals surface area contributed by atoms with Gasteiger partial charge in [0.25, 0.3) is 0 Å². The lowest BCUT2D eigenvalue weighted by molar-refractivity contribution is -0.116. The number of anilines is 1. The van der Waals surface area contributed by atoms with Gasteiger partial charge in [-0.3, -0.25) is 9.69 Å². The number of nitrogens with one attached hydrogen (secondary N) is 1. The largest absolute Gasteiger partial charge is 0.492 e. The van der Waals surface area contributed by atoms with Crippen LogP contribution in [0, 0.1) is 6.92 Å². The summed E-state index contributed by atoms with van der Waals surface area (Å²) in [6.07, 6.45) is 3.83. The molecule has 0 spiro atoms. The van der Waals surface area contributed by atoms with Crippen LogP contribution in [0.4, 0.5) is 5.69 Å². The third kappa shape index (κ3) is 4.64. The molecule has 1 aromatic heterocycles. The molecule has 3 rings (SSSR count). The number of amides is 1. The molecule has 0 saturated carbocycles. The van der Waals surface area contributed by atoms with Crippen molar-refractivity contribution in [3.8, 4) is 5.75 Å². The van der Waals surface area contributed by atoms with Gasteiger partial charge in [0.1, 0.15) is 17.2 Å². The number of likely N-dealkylation sites (tertiary alicyclic amines) is 1. The van der Waals surface area contributed by atoms with Gasteiger partial charge in [0.2, 0.25) is 5.91 Å². The summed E-state index contributed by atoms with van der Waals surface area (Å²) >= 11 is 0. The molecule has 140 valence electrons. The Labute approximate surface area is 154 Å². The van der Waals surface area contributed by atoms with Gasteiger partial charge in [0, 0.05) is 19.0 Å². The normalized spacial score (nSPS) is 17.8. The fourth-order valence-corrected chi connectivity index (χ4v) is 3.45. The fraction of sp³-hybridized carbons (Fsp3) is 0.500. The van der Waals surface area contributed by atoms with E-state index >= 15 is 0 Å². The van der Waals surface area contributed by atoms with Crippen LogP contribution >= 0.6 is 0 Å². The van der Waals surface area contributed by atoms with Gasteiger partial charge in [0.05, 0.1) is 18.3 Å². The van der Waals surface area contributed by atoms with Crippen LogP contribution in [-0.2, 0) is 4.79 Å². The molecule has 6 nitrogen and oxygen atoms in total. The molecule has 1 amide bonds. The van der Waals surface area contributed by atoms with Crippen molar-refractivity contribution in [1.29, 1.82) is 0 Å². The number of piperidine rings is 1. The predicted octanol–water partition coefficient (Wildman–Crippen LogP) is 3.94. The molecule has 1 N–H and O–H groups in total. The zero-order valence-electron chi connectivity index (χ0n) is 15.5. The van der Waals surface area contributed by atoms with Crippen LogP contribution in [0.5, 0.6) is 5.75 Å². The first-order valence-electron chi connectivity index (χ1n) is 9.36. The van der Waals surface area contributed by atoms with Crippen LogP contribution in [-0.4, -0.2) is 35.7 Å². The van der Waals surface area contributed by atoms with Crippen molar-refractivity contribution >= 4 is 11.6 Å². The van der Waals surface area contributed by atoms with Gasteiger partial charge in [0.15, 0.2) is 0 Å². The molecule has 1 aliphatic rings. The molecule has 0 aliphatic carbocycles. The van der Waals surface area contributed by atoms with Crippen LogP contribution in [0.1, 0.15) is 50.1 Å². The Morgan fingerprint density at radius 2 is 2.23 bits per heavy atom. The number of ether oxygens (including phenoxy) is 1. The molecule has 0 radical (unpaired) electrons. The zero-order valence-corrected chi connectivity index (χ0v) is 15.5.